The smallest absolute Gasteiger partial charge is 0.410 e. The van der Waals surface area contributed by atoms with Crippen LogP contribution in [-0.2, 0) is 15.9 Å². The second-order valence-corrected chi connectivity index (χ2v) is 15.4. The first kappa shape index (κ1) is 37.9. The van der Waals surface area contributed by atoms with Crippen LogP contribution in [-0.4, -0.2) is 92.4 Å². The molecule has 6 rings (SSSR count). The lowest BCUT2D eigenvalue weighted by Crippen LogP contribution is -2.54. The van der Waals surface area contributed by atoms with E-state index in [-0.39, 0.29) is 49.1 Å². The Labute approximate surface area is 313 Å². The van der Waals surface area contributed by atoms with Crippen LogP contribution >= 0.6 is 11.3 Å². The molecule has 2 aliphatic rings. The molecule has 2 aliphatic heterocycles. The molecule has 4 heterocycles. The van der Waals surface area contributed by atoms with E-state index in [0.29, 0.717) is 24.1 Å². The van der Waals surface area contributed by atoms with E-state index in [1.165, 1.54) is 28.7 Å². The number of aliphatic hydroxyl groups is 1. The molecule has 0 radical (unpaired) electrons. The van der Waals surface area contributed by atoms with Gasteiger partial charge in [0.25, 0.3) is 11.8 Å². The van der Waals surface area contributed by atoms with E-state index in [1.54, 1.807) is 45.0 Å². The van der Waals surface area contributed by atoms with E-state index in [2.05, 4.69) is 21.9 Å². The average molecular weight is 742 g/mol. The molecule has 0 saturated carbocycles. The number of carbonyl (C=O) groups excluding carboxylic acids is 3. The minimum Gasteiger partial charge on any atom is -0.445 e. The molecule has 2 fully saturated rings. The van der Waals surface area contributed by atoms with Gasteiger partial charge in [-0.2, -0.15) is 0 Å². The number of hydrogen-bond acceptors (Lipinski definition) is 10. The summed E-state index contributed by atoms with van der Waals surface area (Å²) in [4.78, 5) is 54.2. The van der Waals surface area contributed by atoms with Gasteiger partial charge in [0, 0.05) is 34.3 Å². The number of ether oxygens (including phenoxy) is 2. The Hall–Kier alpha value is -4.85. The Morgan fingerprint density at radius 1 is 1.15 bits per heavy atom. The Morgan fingerprint density at radius 2 is 1.92 bits per heavy atom. The number of nitrogens with one attached hydrogen (secondary N) is 1. The van der Waals surface area contributed by atoms with Crippen molar-refractivity contribution in [3.8, 4) is 11.5 Å². The molecule has 2 saturated heterocycles. The van der Waals surface area contributed by atoms with Gasteiger partial charge in [0.2, 0.25) is 5.89 Å². The summed E-state index contributed by atoms with van der Waals surface area (Å²) in [5, 5.41) is 18.1. The van der Waals surface area contributed by atoms with Gasteiger partial charge in [-0.15, -0.1) is 17.9 Å². The molecule has 2 aromatic heterocycles. The SMILES string of the molecule is C=CCO[C@@H]1C[C@H]([C@@H](O)[C@H](Cc2ccccc2)NC(=O)c2cc(C(=O)N3CCCC3c3nc(C)cs3)cc(-c3ncco3)c2)N(C(=O)OC(C)(C)C)C1. The van der Waals surface area contributed by atoms with Crippen molar-refractivity contribution in [2.75, 3.05) is 19.7 Å². The van der Waals surface area contributed by atoms with Crippen molar-refractivity contribution in [1.82, 2.24) is 25.1 Å². The van der Waals surface area contributed by atoms with Gasteiger partial charge < -0.3 is 29.2 Å². The van der Waals surface area contributed by atoms with Crippen molar-refractivity contribution in [1.29, 1.82) is 0 Å². The number of thiazole rings is 1. The third-order valence-electron chi connectivity index (χ3n) is 9.36. The van der Waals surface area contributed by atoms with Crippen LogP contribution in [0.4, 0.5) is 4.79 Å². The maximum Gasteiger partial charge on any atom is 0.410 e. The highest BCUT2D eigenvalue weighted by atomic mass is 32.1. The third kappa shape index (κ3) is 9.21. The summed E-state index contributed by atoms with van der Waals surface area (Å²) in [5.41, 5.74) is 1.98. The van der Waals surface area contributed by atoms with Crippen LogP contribution in [0.1, 0.15) is 83.1 Å². The summed E-state index contributed by atoms with van der Waals surface area (Å²) in [5.74, 6) is -0.483. The highest BCUT2D eigenvalue weighted by Gasteiger charge is 2.44. The molecule has 280 valence electrons. The van der Waals surface area contributed by atoms with Crippen LogP contribution in [0.5, 0.6) is 0 Å². The lowest BCUT2D eigenvalue weighted by Gasteiger charge is -2.34. The molecule has 5 atom stereocenters. The lowest BCUT2D eigenvalue weighted by molar-refractivity contribution is -0.00213. The second kappa shape index (κ2) is 16.4. The number of carbonyl (C=O) groups is 3. The van der Waals surface area contributed by atoms with Gasteiger partial charge in [0.05, 0.1) is 49.7 Å². The number of hydrogen-bond donors (Lipinski definition) is 2. The first-order chi connectivity index (χ1) is 25.4. The highest BCUT2D eigenvalue weighted by Crippen LogP contribution is 2.36. The van der Waals surface area contributed by atoms with Crippen molar-refractivity contribution >= 4 is 29.2 Å². The van der Waals surface area contributed by atoms with Gasteiger partial charge in [-0.05, 0) is 77.1 Å². The number of rotatable bonds is 12. The Morgan fingerprint density at radius 3 is 2.60 bits per heavy atom. The first-order valence-electron chi connectivity index (χ1n) is 17.9. The van der Waals surface area contributed by atoms with Crippen LogP contribution in [0.25, 0.3) is 11.5 Å². The number of aromatic nitrogens is 2. The van der Waals surface area contributed by atoms with Crippen LogP contribution in [0, 0.1) is 6.92 Å². The van der Waals surface area contributed by atoms with Crippen molar-refractivity contribution < 1.29 is 33.4 Å². The maximum absolute atomic E-state index is 14.3. The van der Waals surface area contributed by atoms with Crippen molar-refractivity contribution in [2.45, 2.75) is 89.3 Å². The lowest BCUT2D eigenvalue weighted by atomic mass is 9.94. The number of aliphatic hydroxyl groups excluding tert-OH is 1. The molecule has 0 bridgehead atoms. The predicted molar refractivity (Wildman–Crippen MR) is 200 cm³/mol. The fourth-order valence-corrected chi connectivity index (χ4v) is 7.92. The van der Waals surface area contributed by atoms with Gasteiger partial charge in [-0.1, -0.05) is 36.4 Å². The van der Waals surface area contributed by atoms with Crippen molar-refractivity contribution in [2.24, 2.45) is 0 Å². The van der Waals surface area contributed by atoms with Crippen LogP contribution in [0.2, 0.25) is 0 Å². The molecular formula is C40H47N5O7S. The van der Waals surface area contributed by atoms with E-state index in [4.69, 9.17) is 13.9 Å². The summed E-state index contributed by atoms with van der Waals surface area (Å²) in [6.07, 6.45) is 4.62. The fourth-order valence-electron chi connectivity index (χ4n) is 6.98. The quantitative estimate of drug-likeness (QED) is 0.158. The van der Waals surface area contributed by atoms with Crippen LogP contribution in [0.15, 0.2) is 83.4 Å². The molecule has 53 heavy (non-hydrogen) atoms. The number of amides is 3. The predicted octanol–water partition coefficient (Wildman–Crippen LogP) is 6.37. The number of likely N-dealkylation sites (tertiary alicyclic amines) is 2. The fraction of sp³-hybridized carbons (Fsp3) is 0.425. The van der Waals surface area contributed by atoms with Gasteiger partial charge >= 0.3 is 6.09 Å². The van der Waals surface area contributed by atoms with Gasteiger partial charge in [-0.25, -0.2) is 14.8 Å². The topological polar surface area (TPSA) is 147 Å². The highest BCUT2D eigenvalue weighted by molar-refractivity contribution is 7.09. The van der Waals surface area contributed by atoms with E-state index in [0.717, 1.165) is 29.1 Å². The standard InChI is InChI=1S/C40H47N5O7S/c1-6-16-50-30-22-33(45(23-30)39(49)52-40(3,4)5)34(46)31(18-26-11-8-7-9-12-26)43-35(47)27-19-28(36-41-14-17-51-36)21-29(20-27)38(48)44-15-10-13-32(44)37-42-25(2)24-53-37/h6-9,11-12,14,17,19-21,24,30-34,46H,1,10,13,15-16,18,22-23H2,2-5H3,(H,43,47)/t30-,31+,32?,33-,34+/m1/s1. The minimum absolute atomic E-state index is 0.159. The number of nitrogens with zero attached hydrogens (tertiary/aromatic N) is 4. The molecule has 12 nitrogen and oxygen atoms in total. The monoisotopic (exact) mass is 741 g/mol. The molecule has 0 aliphatic carbocycles. The van der Waals surface area contributed by atoms with Crippen molar-refractivity contribution in [3.05, 3.63) is 106 Å². The van der Waals surface area contributed by atoms with E-state index in [9.17, 15) is 19.5 Å². The zero-order chi connectivity index (χ0) is 37.7. The van der Waals surface area contributed by atoms with Gasteiger partial charge in [-0.3, -0.25) is 14.5 Å². The molecule has 3 amide bonds. The van der Waals surface area contributed by atoms with E-state index >= 15 is 0 Å². The number of aryl methyl sites for hydroxylation is 1. The number of oxazole rings is 1. The van der Waals surface area contributed by atoms with Crippen LogP contribution < -0.4 is 5.32 Å². The molecule has 1 unspecified atom stereocenters. The Bertz CT molecular complexity index is 1890. The minimum atomic E-state index is -1.22. The second-order valence-electron chi connectivity index (χ2n) is 14.6. The van der Waals surface area contributed by atoms with Gasteiger partial charge in [0.15, 0.2) is 0 Å². The summed E-state index contributed by atoms with van der Waals surface area (Å²) >= 11 is 1.54. The van der Waals surface area contributed by atoms with Gasteiger partial charge in [0.1, 0.15) is 16.9 Å². The molecule has 0 spiro atoms. The summed E-state index contributed by atoms with van der Waals surface area (Å²) in [7, 11) is 0. The molecule has 13 heteroatoms. The summed E-state index contributed by atoms with van der Waals surface area (Å²) in [6.45, 7) is 12.1. The maximum atomic E-state index is 14.3. The average Bonchev–Trinajstić information content (AvgIpc) is 3.97. The zero-order valence-electron chi connectivity index (χ0n) is 30.6. The largest absolute Gasteiger partial charge is 0.445 e. The van der Waals surface area contributed by atoms with Crippen molar-refractivity contribution in [3.63, 3.8) is 0 Å². The first-order valence-corrected chi connectivity index (χ1v) is 18.8. The summed E-state index contributed by atoms with van der Waals surface area (Å²) < 4.78 is 17.3. The van der Waals surface area contributed by atoms with Crippen LogP contribution in [0.3, 0.4) is 0 Å². The molecular weight excluding hydrogens is 695 g/mol. The molecule has 2 N–H and O–H groups in total. The number of benzene rings is 2. The van der Waals surface area contributed by atoms with E-state index < -0.39 is 35.8 Å². The molecule has 4 aromatic rings. The third-order valence-corrected chi connectivity index (χ3v) is 10.4. The molecule has 2 aromatic carbocycles. The Kier molecular flexibility index (Phi) is 11.8. The Balaban J connectivity index is 1.32. The zero-order valence-corrected chi connectivity index (χ0v) is 31.4. The van der Waals surface area contributed by atoms with E-state index in [1.807, 2.05) is 47.5 Å². The summed E-state index contributed by atoms with van der Waals surface area (Å²) in [6, 6.07) is 12.6. The normalized spacial score (nSPS) is 19.9.